The number of hydrogen-bond donors (Lipinski definition) is 0. The highest BCUT2D eigenvalue weighted by Gasteiger charge is 2.17. The van der Waals surface area contributed by atoms with E-state index in [1.165, 1.54) is 6.07 Å². The van der Waals surface area contributed by atoms with Gasteiger partial charge in [-0.3, -0.25) is 4.79 Å². The van der Waals surface area contributed by atoms with Crippen LogP contribution in [-0.2, 0) is 6.61 Å². The van der Waals surface area contributed by atoms with Crippen molar-refractivity contribution in [3.05, 3.63) is 65.6 Å². The summed E-state index contributed by atoms with van der Waals surface area (Å²) in [6.07, 6.45) is 0.693. The summed E-state index contributed by atoms with van der Waals surface area (Å²) in [7, 11) is 0. The highest BCUT2D eigenvalue weighted by molar-refractivity contribution is 5.75. The van der Waals surface area contributed by atoms with Gasteiger partial charge >= 0.3 is 0 Å². The van der Waals surface area contributed by atoms with Crippen molar-refractivity contribution in [3.63, 3.8) is 0 Å². The molecule has 0 N–H and O–H groups in total. The molecule has 0 saturated carbocycles. The zero-order valence-electron chi connectivity index (χ0n) is 11.7. The molecule has 3 aromatic rings. The quantitative estimate of drug-likeness (QED) is 0.675. The van der Waals surface area contributed by atoms with Gasteiger partial charge in [0, 0.05) is 5.56 Å². The first-order valence-corrected chi connectivity index (χ1v) is 6.62. The smallest absolute Gasteiger partial charge is 0.264 e. The molecule has 0 aliphatic carbocycles. The molecular formula is C16H10F2N2O3. The van der Waals surface area contributed by atoms with Crippen molar-refractivity contribution in [2.75, 3.05) is 0 Å². The Morgan fingerprint density at radius 3 is 2.61 bits per heavy atom. The van der Waals surface area contributed by atoms with E-state index in [0.29, 0.717) is 17.6 Å². The molecule has 0 atom stereocenters. The Bertz CT molecular complexity index is 829. The lowest BCUT2D eigenvalue weighted by Gasteiger charge is -2.02. The van der Waals surface area contributed by atoms with Crippen LogP contribution in [0.3, 0.4) is 0 Å². The van der Waals surface area contributed by atoms with Crippen LogP contribution in [0.15, 0.2) is 47.0 Å². The van der Waals surface area contributed by atoms with E-state index >= 15 is 0 Å². The fourth-order valence-electron chi connectivity index (χ4n) is 1.95. The van der Waals surface area contributed by atoms with E-state index < -0.39 is 11.6 Å². The molecule has 3 rings (SSSR count). The van der Waals surface area contributed by atoms with Gasteiger partial charge in [0.2, 0.25) is 5.82 Å². The Hall–Kier alpha value is -3.09. The second-order valence-electron chi connectivity index (χ2n) is 4.59. The lowest BCUT2D eigenvalue weighted by molar-refractivity contribution is 0.112. The molecule has 0 bridgehead atoms. The van der Waals surface area contributed by atoms with Crippen LogP contribution in [0.25, 0.3) is 11.4 Å². The zero-order valence-corrected chi connectivity index (χ0v) is 11.7. The second-order valence-corrected chi connectivity index (χ2v) is 4.59. The summed E-state index contributed by atoms with van der Waals surface area (Å²) in [5, 5.41) is 3.55. The predicted octanol–water partition coefficient (Wildman–Crippen LogP) is 3.41. The minimum atomic E-state index is -0.781. The largest absolute Gasteiger partial charge is 0.484 e. The van der Waals surface area contributed by atoms with Crippen molar-refractivity contribution in [1.82, 2.24) is 10.1 Å². The molecule has 0 aliphatic rings. The number of hydrogen-bond acceptors (Lipinski definition) is 5. The number of aldehydes is 1. The SMILES string of the molecule is O=Cc1cccc(OCc2nc(-c3c(F)cccc3F)no2)c1. The molecule has 0 unspecified atom stereocenters. The predicted molar refractivity (Wildman–Crippen MR) is 75.8 cm³/mol. The van der Waals surface area contributed by atoms with E-state index in [4.69, 9.17) is 9.26 Å². The Labute approximate surface area is 129 Å². The molecule has 23 heavy (non-hydrogen) atoms. The topological polar surface area (TPSA) is 65.2 Å². The lowest BCUT2D eigenvalue weighted by atomic mass is 10.2. The molecule has 116 valence electrons. The highest BCUT2D eigenvalue weighted by atomic mass is 19.1. The van der Waals surface area contributed by atoms with Gasteiger partial charge in [-0.2, -0.15) is 4.98 Å². The van der Waals surface area contributed by atoms with Crippen molar-refractivity contribution in [2.45, 2.75) is 6.61 Å². The Morgan fingerprint density at radius 2 is 1.87 bits per heavy atom. The first kappa shape index (κ1) is 14.8. The van der Waals surface area contributed by atoms with Crippen LogP contribution < -0.4 is 4.74 Å². The van der Waals surface area contributed by atoms with E-state index in [-0.39, 0.29) is 23.9 Å². The molecule has 7 heteroatoms. The fourth-order valence-corrected chi connectivity index (χ4v) is 1.95. The molecule has 1 aromatic heterocycles. The lowest BCUT2D eigenvalue weighted by Crippen LogP contribution is -1.97. The van der Waals surface area contributed by atoms with Crippen LogP contribution in [0.5, 0.6) is 5.75 Å². The van der Waals surface area contributed by atoms with Crippen LogP contribution in [0, 0.1) is 11.6 Å². The average molecular weight is 316 g/mol. The molecular weight excluding hydrogens is 306 g/mol. The first-order valence-electron chi connectivity index (χ1n) is 6.62. The summed E-state index contributed by atoms with van der Waals surface area (Å²) < 4.78 is 37.6. The second kappa shape index (κ2) is 6.35. The van der Waals surface area contributed by atoms with Crippen molar-refractivity contribution in [1.29, 1.82) is 0 Å². The normalized spacial score (nSPS) is 10.5. The number of benzene rings is 2. The van der Waals surface area contributed by atoms with Crippen LogP contribution in [0.1, 0.15) is 16.2 Å². The van der Waals surface area contributed by atoms with Gasteiger partial charge < -0.3 is 9.26 Å². The van der Waals surface area contributed by atoms with Crippen molar-refractivity contribution >= 4 is 6.29 Å². The standard InChI is InChI=1S/C16H10F2N2O3/c17-12-5-2-6-13(18)15(12)16-19-14(23-20-16)9-22-11-4-1-3-10(7-11)8-21/h1-8H,9H2. The maximum absolute atomic E-state index is 13.7. The van der Waals surface area contributed by atoms with Gasteiger partial charge in [-0.25, -0.2) is 8.78 Å². The summed E-state index contributed by atoms with van der Waals surface area (Å²) >= 11 is 0. The van der Waals surface area contributed by atoms with Gasteiger partial charge in [0.15, 0.2) is 6.61 Å². The summed E-state index contributed by atoms with van der Waals surface area (Å²) in [5.74, 6) is -1.26. The van der Waals surface area contributed by atoms with Gasteiger partial charge in [-0.15, -0.1) is 0 Å². The molecule has 0 aliphatic heterocycles. The van der Waals surface area contributed by atoms with Crippen LogP contribution in [0.2, 0.25) is 0 Å². The minimum absolute atomic E-state index is 0.0548. The third kappa shape index (κ3) is 3.23. The molecule has 0 saturated heterocycles. The maximum Gasteiger partial charge on any atom is 0.264 e. The van der Waals surface area contributed by atoms with E-state index in [9.17, 15) is 13.6 Å². The zero-order chi connectivity index (χ0) is 16.2. The Kier molecular flexibility index (Phi) is 4.09. The van der Waals surface area contributed by atoms with Gasteiger partial charge in [0.05, 0.1) is 5.56 Å². The van der Waals surface area contributed by atoms with E-state index in [1.54, 1.807) is 24.3 Å². The number of aromatic nitrogens is 2. The summed E-state index contributed by atoms with van der Waals surface area (Å²) in [4.78, 5) is 14.6. The number of carbonyl (C=O) groups excluding carboxylic acids is 1. The minimum Gasteiger partial charge on any atom is -0.484 e. The maximum atomic E-state index is 13.7. The number of nitrogens with zero attached hydrogens (tertiary/aromatic N) is 2. The van der Waals surface area contributed by atoms with Gasteiger partial charge in [-0.1, -0.05) is 23.4 Å². The number of halogens is 2. The number of carbonyl (C=O) groups is 1. The van der Waals surface area contributed by atoms with Crippen molar-refractivity contribution in [2.24, 2.45) is 0 Å². The van der Waals surface area contributed by atoms with Gasteiger partial charge in [0.1, 0.15) is 23.7 Å². The van der Waals surface area contributed by atoms with Crippen LogP contribution >= 0.6 is 0 Å². The Morgan fingerprint density at radius 1 is 1.13 bits per heavy atom. The average Bonchev–Trinajstić information content (AvgIpc) is 3.01. The molecule has 5 nitrogen and oxygen atoms in total. The molecule has 2 aromatic carbocycles. The third-order valence-electron chi connectivity index (χ3n) is 3.01. The molecule has 0 spiro atoms. The Balaban J connectivity index is 1.76. The summed E-state index contributed by atoms with van der Waals surface area (Å²) in [5.41, 5.74) is 0.104. The molecule has 1 heterocycles. The molecule has 0 amide bonds. The van der Waals surface area contributed by atoms with E-state index in [1.807, 2.05) is 0 Å². The number of rotatable bonds is 5. The van der Waals surface area contributed by atoms with Crippen molar-refractivity contribution in [3.8, 4) is 17.1 Å². The van der Waals surface area contributed by atoms with Gasteiger partial charge in [0.25, 0.3) is 5.89 Å². The third-order valence-corrected chi connectivity index (χ3v) is 3.01. The summed E-state index contributed by atoms with van der Waals surface area (Å²) in [6, 6.07) is 9.95. The van der Waals surface area contributed by atoms with Crippen LogP contribution in [0.4, 0.5) is 8.78 Å². The monoisotopic (exact) mass is 316 g/mol. The summed E-state index contributed by atoms with van der Waals surface area (Å²) in [6.45, 7) is -0.0919. The van der Waals surface area contributed by atoms with E-state index in [0.717, 1.165) is 12.1 Å². The van der Waals surface area contributed by atoms with E-state index in [2.05, 4.69) is 10.1 Å². The number of ether oxygens (including phenoxy) is 1. The first-order chi connectivity index (χ1) is 11.2. The van der Waals surface area contributed by atoms with Gasteiger partial charge in [-0.05, 0) is 24.3 Å². The van der Waals surface area contributed by atoms with Crippen molar-refractivity contribution < 1.29 is 22.8 Å². The highest BCUT2D eigenvalue weighted by Crippen LogP contribution is 2.23. The van der Waals surface area contributed by atoms with Crippen LogP contribution in [-0.4, -0.2) is 16.4 Å². The molecule has 0 fully saturated rings. The fraction of sp³-hybridized carbons (Fsp3) is 0.0625. The molecule has 0 radical (unpaired) electrons.